The number of rotatable bonds is 4. The first-order chi connectivity index (χ1) is 12.0. The molecule has 25 heavy (non-hydrogen) atoms. The minimum Gasteiger partial charge on any atom is -0.384 e. The highest BCUT2D eigenvalue weighted by molar-refractivity contribution is 5.92. The van der Waals surface area contributed by atoms with Gasteiger partial charge >= 0.3 is 0 Å². The summed E-state index contributed by atoms with van der Waals surface area (Å²) in [6, 6.07) is 16.0. The SMILES string of the molecule is Cc1c(CN(C)C(=O)/C=C/c2ccc(N)nc2)ccc2ccccc12. The number of amides is 1. The van der Waals surface area contributed by atoms with E-state index in [4.69, 9.17) is 5.73 Å². The number of pyridine rings is 1. The third-order valence-electron chi connectivity index (χ3n) is 4.32. The monoisotopic (exact) mass is 331 g/mol. The lowest BCUT2D eigenvalue weighted by molar-refractivity contribution is -0.125. The van der Waals surface area contributed by atoms with E-state index in [9.17, 15) is 4.79 Å². The Bertz CT molecular complexity index is 930. The van der Waals surface area contributed by atoms with E-state index in [0.717, 1.165) is 11.1 Å². The van der Waals surface area contributed by atoms with Crippen molar-refractivity contribution in [1.82, 2.24) is 9.88 Å². The number of hydrogen-bond acceptors (Lipinski definition) is 3. The smallest absolute Gasteiger partial charge is 0.246 e. The van der Waals surface area contributed by atoms with E-state index in [-0.39, 0.29) is 5.91 Å². The maximum atomic E-state index is 12.4. The molecule has 2 aromatic carbocycles. The van der Waals surface area contributed by atoms with Crippen LogP contribution in [-0.2, 0) is 11.3 Å². The molecule has 0 fully saturated rings. The van der Waals surface area contributed by atoms with Crippen LogP contribution in [0.3, 0.4) is 0 Å². The van der Waals surface area contributed by atoms with Crippen LogP contribution in [-0.4, -0.2) is 22.8 Å². The summed E-state index contributed by atoms with van der Waals surface area (Å²) in [5.41, 5.74) is 8.77. The Morgan fingerprint density at radius 3 is 2.72 bits per heavy atom. The minimum atomic E-state index is -0.0515. The topological polar surface area (TPSA) is 59.2 Å². The molecular weight excluding hydrogens is 310 g/mol. The fraction of sp³-hybridized carbons (Fsp3) is 0.143. The van der Waals surface area contributed by atoms with E-state index in [1.54, 1.807) is 29.3 Å². The van der Waals surface area contributed by atoms with Gasteiger partial charge in [0.1, 0.15) is 5.82 Å². The van der Waals surface area contributed by atoms with E-state index in [0.29, 0.717) is 12.4 Å². The molecule has 0 unspecified atom stereocenters. The van der Waals surface area contributed by atoms with Gasteiger partial charge in [-0.3, -0.25) is 4.79 Å². The lowest BCUT2D eigenvalue weighted by atomic mass is 10.00. The molecular formula is C21H21N3O. The molecule has 0 aliphatic heterocycles. The molecule has 1 aromatic heterocycles. The van der Waals surface area contributed by atoms with Gasteiger partial charge in [-0.15, -0.1) is 0 Å². The molecule has 0 radical (unpaired) electrons. The largest absolute Gasteiger partial charge is 0.384 e. The number of nitrogens with zero attached hydrogens (tertiary/aromatic N) is 2. The van der Waals surface area contributed by atoms with Gasteiger partial charge in [0.15, 0.2) is 0 Å². The van der Waals surface area contributed by atoms with Crippen LogP contribution in [0.1, 0.15) is 16.7 Å². The highest BCUT2D eigenvalue weighted by Gasteiger charge is 2.09. The van der Waals surface area contributed by atoms with Crippen LogP contribution < -0.4 is 5.73 Å². The number of nitrogen functional groups attached to an aromatic ring is 1. The molecule has 0 spiro atoms. The van der Waals surface area contributed by atoms with Crippen molar-refractivity contribution in [3.63, 3.8) is 0 Å². The molecule has 126 valence electrons. The molecule has 0 saturated heterocycles. The zero-order valence-electron chi connectivity index (χ0n) is 14.4. The van der Waals surface area contributed by atoms with Crippen LogP contribution in [0.4, 0.5) is 5.82 Å². The van der Waals surface area contributed by atoms with Gasteiger partial charge in [-0.05, 0) is 52.6 Å². The van der Waals surface area contributed by atoms with E-state index >= 15 is 0 Å². The number of aromatic nitrogens is 1. The molecule has 2 N–H and O–H groups in total. The summed E-state index contributed by atoms with van der Waals surface area (Å²) >= 11 is 0. The molecule has 0 bridgehead atoms. The highest BCUT2D eigenvalue weighted by atomic mass is 16.2. The molecule has 0 aliphatic rings. The number of nitrogens with two attached hydrogens (primary N) is 1. The van der Waals surface area contributed by atoms with Crippen LogP contribution in [0.2, 0.25) is 0 Å². The normalized spacial score (nSPS) is 11.1. The van der Waals surface area contributed by atoms with Crippen LogP contribution in [0.5, 0.6) is 0 Å². The van der Waals surface area contributed by atoms with Crippen molar-refractivity contribution < 1.29 is 4.79 Å². The number of carbonyl (C=O) groups is 1. The van der Waals surface area contributed by atoms with Crippen molar-refractivity contribution in [1.29, 1.82) is 0 Å². The number of hydrogen-bond donors (Lipinski definition) is 1. The number of aryl methyl sites for hydroxylation is 1. The maximum absolute atomic E-state index is 12.4. The Hall–Kier alpha value is -3.14. The summed E-state index contributed by atoms with van der Waals surface area (Å²) in [6.07, 6.45) is 4.95. The van der Waals surface area contributed by atoms with Crippen molar-refractivity contribution in [2.75, 3.05) is 12.8 Å². The Labute approximate surface area is 147 Å². The third-order valence-corrected chi connectivity index (χ3v) is 4.32. The number of likely N-dealkylation sites (N-methyl/N-ethyl adjacent to an activating group) is 1. The predicted molar refractivity (Wildman–Crippen MR) is 103 cm³/mol. The molecule has 0 saturated carbocycles. The van der Waals surface area contributed by atoms with E-state index in [1.807, 2.05) is 25.2 Å². The molecule has 1 amide bonds. The van der Waals surface area contributed by atoms with Gasteiger partial charge in [-0.25, -0.2) is 4.98 Å². The molecule has 4 heteroatoms. The minimum absolute atomic E-state index is 0.0515. The summed E-state index contributed by atoms with van der Waals surface area (Å²) in [4.78, 5) is 18.1. The Balaban J connectivity index is 1.73. The van der Waals surface area contributed by atoms with E-state index in [2.05, 4.69) is 36.2 Å². The number of fused-ring (bicyclic) bond motifs is 1. The number of carbonyl (C=O) groups excluding carboxylic acids is 1. The van der Waals surface area contributed by atoms with Gasteiger partial charge in [0.25, 0.3) is 0 Å². The van der Waals surface area contributed by atoms with Crippen molar-refractivity contribution in [3.8, 4) is 0 Å². The van der Waals surface area contributed by atoms with Crippen molar-refractivity contribution >= 4 is 28.6 Å². The van der Waals surface area contributed by atoms with Gasteiger partial charge in [0.2, 0.25) is 5.91 Å². The standard InChI is InChI=1S/C21H21N3O/c1-15-18(10-9-17-5-3-4-6-19(15)17)14-24(2)21(25)12-8-16-7-11-20(22)23-13-16/h3-13H,14H2,1-2H3,(H2,22,23)/b12-8+. The molecule has 1 heterocycles. The van der Waals surface area contributed by atoms with Crippen molar-refractivity contribution in [2.24, 2.45) is 0 Å². The van der Waals surface area contributed by atoms with Gasteiger partial charge in [-0.2, -0.15) is 0 Å². The van der Waals surface area contributed by atoms with Crippen molar-refractivity contribution in [2.45, 2.75) is 13.5 Å². The maximum Gasteiger partial charge on any atom is 0.246 e. The lowest BCUT2D eigenvalue weighted by Gasteiger charge is -2.18. The summed E-state index contributed by atoms with van der Waals surface area (Å²) in [7, 11) is 1.81. The van der Waals surface area contributed by atoms with Crippen LogP contribution in [0, 0.1) is 6.92 Å². The first kappa shape index (κ1) is 16.7. The van der Waals surface area contributed by atoms with Gasteiger partial charge < -0.3 is 10.6 Å². The highest BCUT2D eigenvalue weighted by Crippen LogP contribution is 2.22. The molecule has 0 aliphatic carbocycles. The molecule has 3 rings (SSSR count). The first-order valence-electron chi connectivity index (χ1n) is 8.16. The number of anilines is 1. The van der Waals surface area contributed by atoms with Gasteiger partial charge in [-0.1, -0.05) is 36.4 Å². The summed E-state index contributed by atoms with van der Waals surface area (Å²) in [6.45, 7) is 2.67. The van der Waals surface area contributed by atoms with Gasteiger partial charge in [0, 0.05) is 25.9 Å². The fourth-order valence-electron chi connectivity index (χ4n) is 2.79. The summed E-state index contributed by atoms with van der Waals surface area (Å²) in [5.74, 6) is 0.414. The predicted octanol–water partition coefficient (Wildman–Crippen LogP) is 3.80. The lowest BCUT2D eigenvalue weighted by Crippen LogP contribution is -2.24. The van der Waals surface area contributed by atoms with E-state index in [1.165, 1.54) is 16.3 Å². The summed E-state index contributed by atoms with van der Waals surface area (Å²) in [5, 5.41) is 2.44. The zero-order chi connectivity index (χ0) is 17.8. The summed E-state index contributed by atoms with van der Waals surface area (Å²) < 4.78 is 0. The van der Waals surface area contributed by atoms with Crippen molar-refractivity contribution in [3.05, 3.63) is 77.5 Å². The molecule has 3 aromatic rings. The van der Waals surface area contributed by atoms with Crippen LogP contribution in [0.15, 0.2) is 60.8 Å². The van der Waals surface area contributed by atoms with E-state index < -0.39 is 0 Å². The third kappa shape index (κ3) is 3.86. The zero-order valence-corrected chi connectivity index (χ0v) is 14.4. The van der Waals surface area contributed by atoms with Crippen LogP contribution in [0.25, 0.3) is 16.8 Å². The molecule has 4 nitrogen and oxygen atoms in total. The second-order valence-electron chi connectivity index (χ2n) is 6.11. The van der Waals surface area contributed by atoms with Crippen LogP contribution >= 0.6 is 0 Å². The Kier molecular flexibility index (Phi) is 4.80. The fourth-order valence-corrected chi connectivity index (χ4v) is 2.79. The number of benzene rings is 2. The average Bonchev–Trinajstić information content (AvgIpc) is 2.63. The molecule has 0 atom stereocenters. The average molecular weight is 331 g/mol. The second kappa shape index (κ2) is 7.18. The second-order valence-corrected chi connectivity index (χ2v) is 6.11. The Morgan fingerprint density at radius 2 is 1.96 bits per heavy atom. The quantitative estimate of drug-likeness (QED) is 0.740. The Morgan fingerprint density at radius 1 is 1.16 bits per heavy atom. The first-order valence-corrected chi connectivity index (χ1v) is 8.16. The van der Waals surface area contributed by atoms with Gasteiger partial charge in [0.05, 0.1) is 0 Å².